The number of hydrogen-bond donors (Lipinski definition) is 0. The normalized spacial score (nSPS) is 16.1. The average Bonchev–Trinajstić information content (AvgIpc) is 3.68. The lowest BCUT2D eigenvalue weighted by Gasteiger charge is -2.19. The number of carbonyl (C=O) groups is 1. The summed E-state index contributed by atoms with van der Waals surface area (Å²) in [5, 5.41) is 4.30. The zero-order chi connectivity index (χ0) is 28.1. The third kappa shape index (κ3) is 6.77. The van der Waals surface area contributed by atoms with Crippen LogP contribution in [0.15, 0.2) is 55.0 Å². The molecule has 212 valence electrons. The lowest BCUT2D eigenvalue weighted by molar-refractivity contribution is 0.0200. The summed E-state index contributed by atoms with van der Waals surface area (Å²) in [6.07, 6.45) is 6.11. The van der Waals surface area contributed by atoms with Crippen LogP contribution in [0, 0.1) is 0 Å². The second-order valence-electron chi connectivity index (χ2n) is 11.3. The topological polar surface area (TPSA) is 96.5 Å². The summed E-state index contributed by atoms with van der Waals surface area (Å²) < 4.78 is 20.8. The van der Waals surface area contributed by atoms with E-state index in [2.05, 4.69) is 64.7 Å². The maximum absolute atomic E-state index is 12.2. The molecule has 4 heterocycles. The molecule has 0 N–H and O–H groups in total. The predicted octanol–water partition coefficient (Wildman–Crippen LogP) is 4.93. The summed E-state index contributed by atoms with van der Waals surface area (Å²) >= 11 is 0. The second kappa shape index (κ2) is 12.3. The number of esters is 1. The van der Waals surface area contributed by atoms with Crippen LogP contribution < -0.4 is 4.74 Å². The molecule has 1 fully saturated rings. The van der Waals surface area contributed by atoms with Crippen LogP contribution in [0.4, 0.5) is 0 Å². The molecule has 3 aromatic heterocycles. The van der Waals surface area contributed by atoms with Crippen molar-refractivity contribution in [3.63, 3.8) is 0 Å². The van der Waals surface area contributed by atoms with Crippen LogP contribution >= 0.6 is 0 Å². The van der Waals surface area contributed by atoms with Gasteiger partial charge in [-0.2, -0.15) is 10.1 Å². The number of likely N-dealkylation sites (tertiary alicyclic amines) is 1. The average molecular weight is 563 g/mol. The molecule has 0 bridgehead atoms. The Morgan fingerprint density at radius 2 is 1.95 bits per heavy atom. The van der Waals surface area contributed by atoms with Crippen molar-refractivity contribution in [2.45, 2.75) is 51.6 Å². The molecule has 1 atom stereocenters. The first kappa shape index (κ1) is 28.0. The second-order valence-corrected chi connectivity index (χ2v) is 16.9. The lowest BCUT2D eigenvalue weighted by Crippen LogP contribution is -2.22. The van der Waals surface area contributed by atoms with E-state index >= 15 is 0 Å². The van der Waals surface area contributed by atoms with E-state index in [4.69, 9.17) is 24.2 Å². The number of fused-ring (bicyclic) bond motifs is 1. The Bertz CT molecular complexity index is 1430. The molecule has 1 aliphatic rings. The van der Waals surface area contributed by atoms with E-state index in [1.807, 2.05) is 12.1 Å². The standard InChI is InChI=1S/C29H38N6O4Si/c1-5-38-28(36)23-17-30-35(19-23)29-31-25-12-14-34(24-11-13-33(20-24)18-22-9-7-6-8-10-22)26(25)27(32-29)39-21-37-15-16-40(2,3)4/h6-10,12,14,17,19,24H,5,11,13,15-16,18,20-21H2,1-4H3/t24-/m0/s1. The van der Waals surface area contributed by atoms with Crippen LogP contribution in [-0.2, 0) is 16.0 Å². The molecule has 0 aliphatic carbocycles. The number of nitrogens with zero attached hydrogens (tertiary/aromatic N) is 6. The van der Waals surface area contributed by atoms with Gasteiger partial charge in [-0.15, -0.1) is 0 Å². The number of benzene rings is 1. The molecule has 1 saturated heterocycles. The highest BCUT2D eigenvalue weighted by molar-refractivity contribution is 6.76. The fraction of sp³-hybridized carbons (Fsp3) is 0.448. The summed E-state index contributed by atoms with van der Waals surface area (Å²) in [7, 11) is -1.21. The van der Waals surface area contributed by atoms with Gasteiger partial charge in [0.15, 0.2) is 6.79 Å². The molecule has 0 amide bonds. The molecule has 40 heavy (non-hydrogen) atoms. The van der Waals surface area contributed by atoms with Gasteiger partial charge in [0.25, 0.3) is 5.95 Å². The summed E-state index contributed by atoms with van der Waals surface area (Å²) in [5.74, 6) is 0.317. The van der Waals surface area contributed by atoms with E-state index in [0.29, 0.717) is 30.6 Å². The SMILES string of the molecule is CCOC(=O)c1cnn(-c2nc(OCOCC[Si](C)(C)C)c3c(ccn3[C@H]3CCN(Cc4ccccc4)C3)n2)c1. The molecule has 1 aliphatic heterocycles. The molecule has 11 heteroatoms. The largest absolute Gasteiger partial charge is 0.462 e. The minimum absolute atomic E-state index is 0.0964. The van der Waals surface area contributed by atoms with Crippen molar-refractivity contribution in [1.29, 1.82) is 0 Å². The molecule has 5 rings (SSSR count). The predicted molar refractivity (Wildman–Crippen MR) is 156 cm³/mol. The van der Waals surface area contributed by atoms with Crippen molar-refractivity contribution in [2.75, 3.05) is 33.1 Å². The van der Waals surface area contributed by atoms with Gasteiger partial charge in [0.1, 0.15) is 5.52 Å². The Kier molecular flexibility index (Phi) is 8.62. The Labute approximate surface area is 235 Å². The van der Waals surface area contributed by atoms with E-state index in [-0.39, 0.29) is 12.8 Å². The molecule has 0 spiro atoms. The van der Waals surface area contributed by atoms with Gasteiger partial charge in [-0.05, 0) is 31.0 Å². The van der Waals surface area contributed by atoms with Crippen LogP contribution in [0.5, 0.6) is 5.88 Å². The van der Waals surface area contributed by atoms with Gasteiger partial charge >= 0.3 is 5.97 Å². The minimum Gasteiger partial charge on any atom is -0.462 e. The van der Waals surface area contributed by atoms with Crippen molar-refractivity contribution >= 4 is 25.1 Å². The third-order valence-corrected chi connectivity index (χ3v) is 8.69. The summed E-state index contributed by atoms with van der Waals surface area (Å²) in [5.41, 5.74) is 3.23. The van der Waals surface area contributed by atoms with Crippen LogP contribution in [0.25, 0.3) is 17.0 Å². The summed E-state index contributed by atoms with van der Waals surface area (Å²) in [6, 6.07) is 13.9. The van der Waals surface area contributed by atoms with Crippen LogP contribution in [0.3, 0.4) is 0 Å². The van der Waals surface area contributed by atoms with Gasteiger partial charge in [0.05, 0.1) is 23.9 Å². The maximum atomic E-state index is 12.2. The Morgan fingerprint density at radius 3 is 2.73 bits per heavy atom. The first-order valence-corrected chi connectivity index (χ1v) is 17.6. The van der Waals surface area contributed by atoms with Crippen molar-refractivity contribution in [1.82, 2.24) is 29.2 Å². The van der Waals surface area contributed by atoms with E-state index in [1.165, 1.54) is 16.4 Å². The lowest BCUT2D eigenvalue weighted by atomic mass is 10.2. The molecule has 0 saturated carbocycles. The van der Waals surface area contributed by atoms with Crippen molar-refractivity contribution < 1.29 is 19.0 Å². The highest BCUT2D eigenvalue weighted by Crippen LogP contribution is 2.32. The zero-order valence-corrected chi connectivity index (χ0v) is 24.7. The van der Waals surface area contributed by atoms with Gasteiger partial charge in [-0.3, -0.25) is 4.90 Å². The van der Waals surface area contributed by atoms with Gasteiger partial charge in [-0.25, -0.2) is 14.5 Å². The van der Waals surface area contributed by atoms with Crippen LogP contribution in [-0.4, -0.2) is 76.4 Å². The highest BCUT2D eigenvalue weighted by atomic mass is 28.3. The van der Waals surface area contributed by atoms with E-state index in [0.717, 1.165) is 43.1 Å². The van der Waals surface area contributed by atoms with Gasteiger partial charge in [0.2, 0.25) is 5.88 Å². The molecule has 10 nitrogen and oxygen atoms in total. The fourth-order valence-electron chi connectivity index (χ4n) is 4.84. The smallest absolute Gasteiger partial charge is 0.341 e. The van der Waals surface area contributed by atoms with Crippen molar-refractivity contribution in [2.24, 2.45) is 0 Å². The minimum atomic E-state index is -1.21. The first-order valence-electron chi connectivity index (χ1n) is 13.9. The monoisotopic (exact) mass is 562 g/mol. The van der Waals surface area contributed by atoms with Gasteiger partial charge in [-0.1, -0.05) is 50.0 Å². The van der Waals surface area contributed by atoms with Gasteiger partial charge < -0.3 is 18.8 Å². The van der Waals surface area contributed by atoms with E-state index in [1.54, 1.807) is 13.1 Å². The number of ether oxygens (including phenoxy) is 3. The quantitative estimate of drug-likeness (QED) is 0.104. The number of hydrogen-bond acceptors (Lipinski definition) is 8. The highest BCUT2D eigenvalue weighted by Gasteiger charge is 2.27. The Morgan fingerprint density at radius 1 is 1.12 bits per heavy atom. The van der Waals surface area contributed by atoms with Gasteiger partial charge in [0, 0.05) is 52.8 Å². The summed E-state index contributed by atoms with van der Waals surface area (Å²) in [4.78, 5) is 24.2. The maximum Gasteiger partial charge on any atom is 0.341 e. The fourth-order valence-corrected chi connectivity index (χ4v) is 5.60. The molecular formula is C29H38N6O4Si. The molecule has 1 aromatic carbocycles. The van der Waals surface area contributed by atoms with E-state index < -0.39 is 14.0 Å². The number of rotatable bonds is 12. The molecule has 0 radical (unpaired) electrons. The van der Waals surface area contributed by atoms with Crippen molar-refractivity contribution in [3.05, 3.63) is 66.1 Å². The number of carbonyl (C=O) groups excluding carboxylic acids is 1. The van der Waals surface area contributed by atoms with Crippen LogP contribution in [0.1, 0.15) is 35.3 Å². The molecule has 0 unspecified atom stereocenters. The number of aromatic nitrogens is 5. The van der Waals surface area contributed by atoms with Crippen molar-refractivity contribution in [3.8, 4) is 11.8 Å². The Hall–Kier alpha value is -3.54. The van der Waals surface area contributed by atoms with E-state index in [9.17, 15) is 4.79 Å². The Balaban J connectivity index is 1.39. The molecule has 4 aromatic rings. The van der Waals surface area contributed by atoms with Crippen LogP contribution in [0.2, 0.25) is 25.7 Å². The summed E-state index contributed by atoms with van der Waals surface area (Å²) in [6.45, 7) is 12.6. The first-order chi connectivity index (χ1) is 19.3. The zero-order valence-electron chi connectivity index (χ0n) is 23.7. The molecular weight excluding hydrogens is 524 g/mol. The third-order valence-electron chi connectivity index (χ3n) is 6.98.